The Morgan fingerprint density at radius 3 is 2.49 bits per heavy atom. The number of nitrogens with one attached hydrogen (secondary N) is 2. The maximum absolute atomic E-state index is 13.3. The molecule has 0 aliphatic carbocycles. The molecule has 0 radical (unpaired) electrons. The van der Waals surface area contributed by atoms with Gasteiger partial charge in [-0.05, 0) is 63.1 Å². The lowest BCUT2D eigenvalue weighted by atomic mass is 9.78. The van der Waals surface area contributed by atoms with Crippen molar-refractivity contribution in [2.45, 2.75) is 51.9 Å². The van der Waals surface area contributed by atoms with Crippen molar-refractivity contribution in [3.8, 4) is 5.75 Å². The van der Waals surface area contributed by atoms with Gasteiger partial charge in [0.1, 0.15) is 5.75 Å². The lowest BCUT2D eigenvalue weighted by Crippen LogP contribution is -2.46. The maximum atomic E-state index is 13.3. The number of amides is 3. The van der Waals surface area contributed by atoms with Crippen LogP contribution < -0.4 is 15.4 Å². The minimum atomic E-state index is -1.03. The van der Waals surface area contributed by atoms with Gasteiger partial charge in [0.2, 0.25) is 11.8 Å². The van der Waals surface area contributed by atoms with E-state index in [0.29, 0.717) is 83.7 Å². The zero-order valence-corrected chi connectivity index (χ0v) is 24.4. The molecule has 1 aromatic rings. The van der Waals surface area contributed by atoms with E-state index in [4.69, 9.17) is 18.9 Å². The highest BCUT2D eigenvalue weighted by Gasteiger charge is 2.40. The quantitative estimate of drug-likeness (QED) is 0.492. The number of benzene rings is 1. The maximum Gasteiger partial charge on any atom is 0.314 e. The zero-order chi connectivity index (χ0) is 29.5. The van der Waals surface area contributed by atoms with Crippen molar-refractivity contribution < 1.29 is 38.1 Å². The number of hydrogen-bond acceptors (Lipinski definition) is 8. The van der Waals surface area contributed by atoms with E-state index in [-0.39, 0.29) is 49.8 Å². The summed E-state index contributed by atoms with van der Waals surface area (Å²) in [6.45, 7) is 4.70. The van der Waals surface area contributed by atoms with Gasteiger partial charge in [-0.3, -0.25) is 19.2 Å². The normalized spacial score (nSPS) is 22.2. The van der Waals surface area contributed by atoms with Crippen molar-refractivity contribution in [2.24, 2.45) is 11.3 Å². The third kappa shape index (κ3) is 10.3. The van der Waals surface area contributed by atoms with Gasteiger partial charge in [-0.1, -0.05) is 12.1 Å². The summed E-state index contributed by atoms with van der Waals surface area (Å²) in [7, 11) is 1.57. The van der Waals surface area contributed by atoms with Crippen molar-refractivity contribution in [2.75, 3.05) is 66.3 Å². The van der Waals surface area contributed by atoms with Crippen LogP contribution in [0, 0.1) is 11.3 Å². The second kappa shape index (κ2) is 16.9. The molecule has 0 spiro atoms. The predicted octanol–water partition coefficient (Wildman–Crippen LogP) is 1.87. The van der Waals surface area contributed by atoms with Crippen molar-refractivity contribution >= 4 is 23.7 Å². The molecule has 3 aliphatic rings. The third-order valence-electron chi connectivity index (χ3n) is 7.59. The monoisotopic (exact) mass is 575 g/mol. The molecule has 1 saturated heterocycles. The van der Waals surface area contributed by atoms with Crippen LogP contribution in [0.2, 0.25) is 0 Å². The van der Waals surface area contributed by atoms with Crippen LogP contribution in [0.25, 0.3) is 0 Å². The molecule has 2 N–H and O–H groups in total. The number of rotatable bonds is 6. The SMILES string of the molecule is CCOC(=O)C1(CCOC)CNC(=O)CCCN(C(=O)C2CCOCC2)CCCNC(=O)COc2ccc(cc2)C1. The number of methoxy groups -OCH3 is 1. The highest BCUT2D eigenvalue weighted by Crippen LogP contribution is 2.30. The zero-order valence-electron chi connectivity index (χ0n) is 24.4. The molecule has 3 aliphatic heterocycles. The minimum absolute atomic E-state index is 0.0643. The van der Waals surface area contributed by atoms with Gasteiger partial charge >= 0.3 is 5.97 Å². The van der Waals surface area contributed by atoms with Crippen LogP contribution >= 0.6 is 0 Å². The molecule has 1 atom stereocenters. The van der Waals surface area contributed by atoms with Gasteiger partial charge in [0.15, 0.2) is 6.61 Å². The first kappa shape index (κ1) is 32.3. The van der Waals surface area contributed by atoms with E-state index >= 15 is 0 Å². The first-order valence-electron chi connectivity index (χ1n) is 14.6. The summed E-state index contributed by atoms with van der Waals surface area (Å²) in [5.74, 6) is -0.343. The van der Waals surface area contributed by atoms with Crippen LogP contribution in [0.15, 0.2) is 24.3 Å². The van der Waals surface area contributed by atoms with Gasteiger partial charge in [0.25, 0.3) is 5.91 Å². The smallest absolute Gasteiger partial charge is 0.314 e. The lowest BCUT2D eigenvalue weighted by molar-refractivity contribution is -0.156. The molecular formula is C30H45N3O8. The summed E-state index contributed by atoms with van der Waals surface area (Å²) in [5.41, 5.74) is -0.174. The van der Waals surface area contributed by atoms with Gasteiger partial charge in [0, 0.05) is 65.4 Å². The van der Waals surface area contributed by atoms with E-state index in [1.54, 1.807) is 31.1 Å². The molecule has 1 unspecified atom stereocenters. The van der Waals surface area contributed by atoms with E-state index in [0.717, 1.165) is 5.56 Å². The Kier molecular flexibility index (Phi) is 13.4. The third-order valence-corrected chi connectivity index (χ3v) is 7.59. The number of carbonyl (C=O) groups is 4. The molecule has 11 heteroatoms. The van der Waals surface area contributed by atoms with E-state index < -0.39 is 11.4 Å². The van der Waals surface area contributed by atoms with Crippen molar-refractivity contribution in [1.82, 2.24) is 15.5 Å². The molecule has 2 bridgehead atoms. The van der Waals surface area contributed by atoms with Gasteiger partial charge < -0.3 is 34.5 Å². The average Bonchev–Trinajstić information content (AvgIpc) is 2.99. The average molecular weight is 576 g/mol. The first-order valence-corrected chi connectivity index (χ1v) is 14.6. The van der Waals surface area contributed by atoms with Crippen LogP contribution in [0.5, 0.6) is 5.75 Å². The molecule has 0 saturated carbocycles. The number of carbonyl (C=O) groups excluding carboxylic acids is 4. The fourth-order valence-electron chi connectivity index (χ4n) is 5.18. The molecule has 0 aromatic heterocycles. The first-order chi connectivity index (χ1) is 19.9. The minimum Gasteiger partial charge on any atom is -0.484 e. The summed E-state index contributed by atoms with van der Waals surface area (Å²) < 4.78 is 21.8. The molecule has 4 rings (SSSR count). The standard InChI is InChI=1S/C30H45N3O8/c1-3-40-29(37)30(13-19-38-2)20-23-7-9-25(10-8-23)41-21-27(35)31-14-5-16-33(15-4-6-26(34)32-22-30)28(36)24-11-17-39-18-12-24/h7-10,24H,3-6,11-22H2,1-2H3,(H,31,35)(H,32,34). The van der Waals surface area contributed by atoms with Crippen LogP contribution in [0.3, 0.4) is 0 Å². The van der Waals surface area contributed by atoms with Crippen LogP contribution in [0.4, 0.5) is 0 Å². The highest BCUT2D eigenvalue weighted by atomic mass is 16.5. The Morgan fingerprint density at radius 1 is 1.05 bits per heavy atom. The van der Waals surface area contributed by atoms with E-state index in [9.17, 15) is 19.2 Å². The van der Waals surface area contributed by atoms with E-state index in [1.807, 2.05) is 12.1 Å². The molecule has 228 valence electrons. The van der Waals surface area contributed by atoms with Gasteiger partial charge in [0.05, 0.1) is 12.0 Å². The summed E-state index contributed by atoms with van der Waals surface area (Å²) in [6, 6.07) is 7.20. The second-order valence-corrected chi connectivity index (χ2v) is 10.6. The van der Waals surface area contributed by atoms with Gasteiger partial charge in [-0.25, -0.2) is 0 Å². The Balaban J connectivity index is 1.78. The fourth-order valence-corrected chi connectivity index (χ4v) is 5.18. The Morgan fingerprint density at radius 2 is 1.78 bits per heavy atom. The van der Waals surface area contributed by atoms with Crippen molar-refractivity contribution in [3.63, 3.8) is 0 Å². The summed E-state index contributed by atoms with van der Waals surface area (Å²) in [5, 5.41) is 5.81. The molecule has 41 heavy (non-hydrogen) atoms. The Hall–Kier alpha value is -3.18. The Bertz CT molecular complexity index is 996. The lowest BCUT2D eigenvalue weighted by Gasteiger charge is -2.32. The molecule has 11 nitrogen and oxygen atoms in total. The fraction of sp³-hybridized carbons (Fsp3) is 0.667. The summed E-state index contributed by atoms with van der Waals surface area (Å²) in [6.07, 6.45) is 3.32. The van der Waals surface area contributed by atoms with Crippen LogP contribution in [-0.4, -0.2) is 94.9 Å². The number of fused-ring (bicyclic) bond motifs is 17. The summed E-state index contributed by atoms with van der Waals surface area (Å²) in [4.78, 5) is 53.7. The Labute approximate surface area is 242 Å². The van der Waals surface area contributed by atoms with E-state index in [2.05, 4.69) is 10.6 Å². The number of hydrogen-bond donors (Lipinski definition) is 2. The second-order valence-electron chi connectivity index (χ2n) is 10.6. The number of nitrogens with zero attached hydrogens (tertiary/aromatic N) is 1. The van der Waals surface area contributed by atoms with Crippen molar-refractivity contribution in [1.29, 1.82) is 0 Å². The molecule has 1 aromatic carbocycles. The molecule has 3 amide bonds. The molecule has 1 fully saturated rings. The van der Waals surface area contributed by atoms with Gasteiger partial charge in [-0.15, -0.1) is 0 Å². The number of ether oxygens (including phenoxy) is 4. The number of esters is 1. The predicted molar refractivity (Wildman–Crippen MR) is 151 cm³/mol. The van der Waals surface area contributed by atoms with E-state index in [1.165, 1.54) is 0 Å². The van der Waals surface area contributed by atoms with Gasteiger partial charge in [-0.2, -0.15) is 0 Å². The highest BCUT2D eigenvalue weighted by molar-refractivity contribution is 5.81. The van der Waals surface area contributed by atoms with Crippen LogP contribution in [0.1, 0.15) is 51.0 Å². The molecular weight excluding hydrogens is 530 g/mol. The van der Waals surface area contributed by atoms with Crippen LogP contribution in [-0.2, 0) is 39.8 Å². The summed E-state index contributed by atoms with van der Waals surface area (Å²) >= 11 is 0. The topological polar surface area (TPSA) is 132 Å². The van der Waals surface area contributed by atoms with Crippen molar-refractivity contribution in [3.05, 3.63) is 29.8 Å². The molecule has 3 heterocycles. The largest absolute Gasteiger partial charge is 0.484 e.